The largest absolute Gasteiger partial charge is 0.457 e. The van der Waals surface area contributed by atoms with E-state index in [2.05, 4.69) is 12.2 Å². The lowest BCUT2D eigenvalue weighted by Crippen LogP contribution is -2.67. The standard InChI is InChI=1S/C23H33NO7/c1-3-4-5-6-10-13-18(26)30-21-19(24-15(2)25)22(27)29-17-14-28-23(31-20(17)21)16-11-8-7-9-12-16/h7-9,11-12,17,19-23,27H,3-6,10,13-14H2,1-2H3,(H,24,25)/t17-,19-,20+,21-,22+,23+/m0/s1. The quantitative estimate of drug-likeness (QED) is 0.454. The Labute approximate surface area is 183 Å². The van der Waals surface area contributed by atoms with Crippen LogP contribution >= 0.6 is 0 Å². The van der Waals surface area contributed by atoms with E-state index in [1.807, 2.05) is 30.3 Å². The third-order valence-corrected chi connectivity index (χ3v) is 5.55. The highest BCUT2D eigenvalue weighted by molar-refractivity contribution is 5.73. The van der Waals surface area contributed by atoms with E-state index >= 15 is 0 Å². The summed E-state index contributed by atoms with van der Waals surface area (Å²) >= 11 is 0. The molecule has 31 heavy (non-hydrogen) atoms. The van der Waals surface area contributed by atoms with Gasteiger partial charge in [0.1, 0.15) is 18.2 Å². The molecule has 0 unspecified atom stereocenters. The van der Waals surface area contributed by atoms with Gasteiger partial charge in [-0.1, -0.05) is 62.9 Å². The van der Waals surface area contributed by atoms with Gasteiger partial charge in [-0.3, -0.25) is 9.59 Å². The Morgan fingerprint density at radius 2 is 1.87 bits per heavy atom. The van der Waals surface area contributed by atoms with Gasteiger partial charge in [-0.05, 0) is 6.42 Å². The smallest absolute Gasteiger partial charge is 0.306 e. The number of unbranched alkanes of at least 4 members (excludes halogenated alkanes) is 4. The summed E-state index contributed by atoms with van der Waals surface area (Å²) in [6.07, 6.45) is 1.13. The summed E-state index contributed by atoms with van der Waals surface area (Å²) in [6, 6.07) is 8.49. The molecule has 8 nitrogen and oxygen atoms in total. The van der Waals surface area contributed by atoms with Crippen molar-refractivity contribution in [3.63, 3.8) is 0 Å². The zero-order valence-corrected chi connectivity index (χ0v) is 18.2. The molecule has 2 N–H and O–H groups in total. The Balaban J connectivity index is 1.71. The van der Waals surface area contributed by atoms with Crippen molar-refractivity contribution in [3.8, 4) is 0 Å². The number of aliphatic hydroxyl groups is 1. The van der Waals surface area contributed by atoms with Crippen LogP contribution in [0.2, 0.25) is 0 Å². The molecule has 0 aliphatic carbocycles. The first kappa shape index (κ1) is 23.7. The summed E-state index contributed by atoms with van der Waals surface area (Å²) in [7, 11) is 0. The number of hydrogen-bond acceptors (Lipinski definition) is 7. The van der Waals surface area contributed by atoms with Gasteiger partial charge in [0.05, 0.1) is 6.61 Å². The molecule has 1 aromatic carbocycles. The van der Waals surface area contributed by atoms with E-state index in [0.29, 0.717) is 0 Å². The van der Waals surface area contributed by atoms with Crippen molar-refractivity contribution in [2.24, 2.45) is 0 Å². The number of ether oxygens (including phenoxy) is 4. The van der Waals surface area contributed by atoms with Crippen molar-refractivity contribution in [2.45, 2.75) is 89.3 Å². The Morgan fingerprint density at radius 1 is 1.13 bits per heavy atom. The van der Waals surface area contributed by atoms with Crippen LogP contribution < -0.4 is 5.32 Å². The number of carbonyl (C=O) groups is 2. The second-order valence-electron chi connectivity index (χ2n) is 8.09. The highest BCUT2D eigenvalue weighted by atomic mass is 16.7. The number of nitrogens with one attached hydrogen (secondary N) is 1. The van der Waals surface area contributed by atoms with Gasteiger partial charge in [-0.25, -0.2) is 0 Å². The Hall–Kier alpha value is -2.00. The van der Waals surface area contributed by atoms with Gasteiger partial charge in [0.25, 0.3) is 0 Å². The second kappa shape index (κ2) is 11.6. The van der Waals surface area contributed by atoms with Crippen molar-refractivity contribution in [1.82, 2.24) is 5.32 Å². The Morgan fingerprint density at radius 3 is 2.58 bits per heavy atom. The molecular weight excluding hydrogens is 402 g/mol. The molecule has 8 heteroatoms. The molecule has 1 amide bonds. The molecule has 2 saturated heterocycles. The van der Waals surface area contributed by atoms with E-state index in [0.717, 1.165) is 37.7 Å². The third-order valence-electron chi connectivity index (χ3n) is 5.55. The minimum absolute atomic E-state index is 0.166. The van der Waals surface area contributed by atoms with Gasteiger partial charge < -0.3 is 29.4 Å². The average Bonchev–Trinajstić information content (AvgIpc) is 2.76. The van der Waals surface area contributed by atoms with Crippen LogP contribution in [0.4, 0.5) is 0 Å². The molecule has 172 valence electrons. The molecule has 1 aromatic rings. The highest BCUT2D eigenvalue weighted by Gasteiger charge is 2.51. The van der Waals surface area contributed by atoms with Gasteiger partial charge in [0.2, 0.25) is 5.91 Å². The third kappa shape index (κ3) is 6.49. The average molecular weight is 436 g/mol. The van der Waals surface area contributed by atoms with Crippen molar-refractivity contribution in [2.75, 3.05) is 6.61 Å². The SMILES string of the molecule is CCCCCCCC(=O)O[C@H]1[C@H](NC(C)=O)[C@H](O)O[C@H]2CO[C@@H](c3ccccc3)O[C@@H]12. The molecule has 0 radical (unpaired) electrons. The summed E-state index contributed by atoms with van der Waals surface area (Å²) < 4.78 is 23.3. The molecule has 3 rings (SSSR count). The normalized spacial score (nSPS) is 30.3. The number of hydrogen-bond donors (Lipinski definition) is 2. The fourth-order valence-corrected chi connectivity index (χ4v) is 3.98. The predicted molar refractivity (Wildman–Crippen MR) is 112 cm³/mol. The first-order valence-corrected chi connectivity index (χ1v) is 11.1. The number of benzene rings is 1. The van der Waals surface area contributed by atoms with E-state index < -0.39 is 36.9 Å². The molecule has 0 spiro atoms. The van der Waals surface area contributed by atoms with Gasteiger partial charge in [-0.15, -0.1) is 0 Å². The molecule has 2 heterocycles. The summed E-state index contributed by atoms with van der Waals surface area (Å²) in [5.41, 5.74) is 0.823. The number of rotatable bonds is 9. The van der Waals surface area contributed by atoms with Crippen LogP contribution in [-0.4, -0.2) is 54.2 Å². The topological polar surface area (TPSA) is 103 Å². The van der Waals surface area contributed by atoms with Crippen LogP contribution in [-0.2, 0) is 28.5 Å². The van der Waals surface area contributed by atoms with Crippen molar-refractivity contribution in [3.05, 3.63) is 35.9 Å². The maximum atomic E-state index is 12.6. The number of fused-ring (bicyclic) bond motifs is 1. The van der Waals surface area contributed by atoms with Gasteiger partial charge >= 0.3 is 5.97 Å². The number of amides is 1. The molecule has 2 fully saturated rings. The number of aliphatic hydroxyl groups excluding tert-OH is 1. The predicted octanol–water partition coefficient (Wildman–Crippen LogP) is 2.59. The monoisotopic (exact) mass is 435 g/mol. The van der Waals surface area contributed by atoms with Crippen LogP contribution in [0.3, 0.4) is 0 Å². The van der Waals surface area contributed by atoms with Crippen molar-refractivity contribution >= 4 is 11.9 Å². The Kier molecular flexibility index (Phi) is 8.83. The zero-order valence-electron chi connectivity index (χ0n) is 18.2. The van der Waals surface area contributed by atoms with Gasteiger partial charge in [0, 0.05) is 18.9 Å². The minimum Gasteiger partial charge on any atom is -0.457 e. The summed E-state index contributed by atoms with van der Waals surface area (Å²) in [4.78, 5) is 24.3. The van der Waals surface area contributed by atoms with Crippen LogP contribution in [0.25, 0.3) is 0 Å². The zero-order chi connectivity index (χ0) is 22.2. The Bertz CT molecular complexity index is 713. The fraction of sp³-hybridized carbons (Fsp3) is 0.652. The summed E-state index contributed by atoms with van der Waals surface area (Å²) in [6.45, 7) is 3.64. The maximum Gasteiger partial charge on any atom is 0.306 e. The summed E-state index contributed by atoms with van der Waals surface area (Å²) in [5, 5.41) is 13.1. The van der Waals surface area contributed by atoms with Crippen LogP contribution in [0.5, 0.6) is 0 Å². The van der Waals surface area contributed by atoms with E-state index in [1.165, 1.54) is 6.92 Å². The molecule has 0 aromatic heterocycles. The number of esters is 1. The van der Waals surface area contributed by atoms with E-state index in [9.17, 15) is 14.7 Å². The fourth-order valence-electron chi connectivity index (χ4n) is 3.98. The molecular formula is C23H33NO7. The molecule has 6 atom stereocenters. The number of carbonyl (C=O) groups excluding carboxylic acids is 2. The lowest BCUT2D eigenvalue weighted by atomic mass is 9.95. The lowest BCUT2D eigenvalue weighted by Gasteiger charge is -2.47. The van der Waals surface area contributed by atoms with Crippen LogP contribution in [0.15, 0.2) is 30.3 Å². The van der Waals surface area contributed by atoms with Crippen molar-refractivity contribution in [1.29, 1.82) is 0 Å². The van der Waals surface area contributed by atoms with Gasteiger partial charge in [-0.2, -0.15) is 0 Å². The van der Waals surface area contributed by atoms with Crippen LogP contribution in [0, 0.1) is 0 Å². The van der Waals surface area contributed by atoms with Crippen LogP contribution in [0.1, 0.15) is 64.2 Å². The lowest BCUT2D eigenvalue weighted by molar-refractivity contribution is -0.338. The van der Waals surface area contributed by atoms with Gasteiger partial charge in [0.15, 0.2) is 18.7 Å². The van der Waals surface area contributed by atoms with E-state index in [-0.39, 0.29) is 24.9 Å². The molecule has 0 bridgehead atoms. The summed E-state index contributed by atoms with van der Waals surface area (Å²) in [5.74, 6) is -0.741. The molecule has 2 aliphatic rings. The van der Waals surface area contributed by atoms with Crippen molar-refractivity contribution < 1.29 is 33.6 Å². The first-order valence-electron chi connectivity index (χ1n) is 11.1. The molecule has 0 saturated carbocycles. The highest BCUT2D eigenvalue weighted by Crippen LogP contribution is 2.35. The first-order chi connectivity index (χ1) is 15.0. The minimum atomic E-state index is -1.34. The van der Waals surface area contributed by atoms with E-state index in [1.54, 1.807) is 0 Å². The van der Waals surface area contributed by atoms with E-state index in [4.69, 9.17) is 18.9 Å². The molecule has 2 aliphatic heterocycles. The maximum absolute atomic E-state index is 12.6. The second-order valence-corrected chi connectivity index (χ2v) is 8.09.